The van der Waals surface area contributed by atoms with Crippen LogP contribution in [0.3, 0.4) is 0 Å². The Morgan fingerprint density at radius 3 is 2.20 bits per heavy atom. The minimum atomic E-state index is -3.57. The van der Waals surface area contributed by atoms with E-state index in [0.29, 0.717) is 37.4 Å². The van der Waals surface area contributed by atoms with Gasteiger partial charge in [-0.3, -0.25) is 14.5 Å². The van der Waals surface area contributed by atoms with Crippen molar-refractivity contribution < 1.29 is 18.0 Å². The van der Waals surface area contributed by atoms with Crippen LogP contribution in [-0.4, -0.2) is 26.8 Å². The molecule has 1 aromatic carbocycles. The lowest BCUT2D eigenvalue weighted by Gasteiger charge is -2.24. The van der Waals surface area contributed by atoms with Gasteiger partial charge in [0.05, 0.1) is 10.6 Å². The van der Waals surface area contributed by atoms with Gasteiger partial charge in [-0.05, 0) is 43.0 Å². The van der Waals surface area contributed by atoms with Crippen molar-refractivity contribution in [2.24, 2.45) is 5.92 Å². The highest BCUT2D eigenvalue weighted by Crippen LogP contribution is 2.23. The zero-order valence-corrected chi connectivity index (χ0v) is 15.6. The standard InChI is InChI=1S/C18H26N2O4S/c1-14(2)6-3-4-13-19-25(23,24)16-11-9-15(10-12-16)20-17(21)7-5-8-18(20)22/h9-12,14,19H,3-8,13H2,1-2H3. The van der Waals surface area contributed by atoms with Crippen molar-refractivity contribution in [1.29, 1.82) is 0 Å². The number of carbonyl (C=O) groups excluding carboxylic acids is 2. The van der Waals surface area contributed by atoms with Crippen LogP contribution in [0.4, 0.5) is 5.69 Å². The number of carbonyl (C=O) groups is 2. The van der Waals surface area contributed by atoms with Crippen molar-refractivity contribution in [1.82, 2.24) is 4.72 Å². The third-order valence-electron chi connectivity index (χ3n) is 4.19. The molecule has 7 heteroatoms. The molecule has 0 bridgehead atoms. The van der Waals surface area contributed by atoms with E-state index in [2.05, 4.69) is 18.6 Å². The third-order valence-corrected chi connectivity index (χ3v) is 5.66. The molecule has 0 radical (unpaired) electrons. The van der Waals surface area contributed by atoms with Crippen molar-refractivity contribution in [2.45, 2.75) is 57.3 Å². The van der Waals surface area contributed by atoms with Crippen LogP contribution in [0, 0.1) is 5.92 Å². The van der Waals surface area contributed by atoms with E-state index < -0.39 is 10.0 Å². The zero-order chi connectivity index (χ0) is 18.4. The maximum atomic E-state index is 12.3. The number of anilines is 1. The number of nitrogens with one attached hydrogen (secondary N) is 1. The van der Waals surface area contributed by atoms with Crippen LogP contribution < -0.4 is 9.62 Å². The van der Waals surface area contributed by atoms with Gasteiger partial charge in [0.15, 0.2) is 0 Å². The monoisotopic (exact) mass is 366 g/mol. The molecule has 0 aromatic heterocycles. The van der Waals surface area contributed by atoms with Crippen molar-refractivity contribution in [3.8, 4) is 0 Å². The van der Waals surface area contributed by atoms with Crippen LogP contribution in [0.15, 0.2) is 29.2 Å². The minimum absolute atomic E-state index is 0.136. The number of amides is 2. The predicted octanol–water partition coefficient (Wildman–Crippen LogP) is 2.83. The van der Waals surface area contributed by atoms with E-state index in [4.69, 9.17) is 0 Å². The van der Waals surface area contributed by atoms with Gasteiger partial charge in [0.2, 0.25) is 21.8 Å². The van der Waals surface area contributed by atoms with Crippen molar-refractivity contribution in [3.05, 3.63) is 24.3 Å². The summed E-state index contributed by atoms with van der Waals surface area (Å²) in [5.74, 6) is 0.134. The van der Waals surface area contributed by atoms with Gasteiger partial charge in [0.1, 0.15) is 0 Å². The van der Waals surface area contributed by atoms with Crippen molar-refractivity contribution in [3.63, 3.8) is 0 Å². The average Bonchev–Trinajstić information content (AvgIpc) is 2.54. The molecule has 25 heavy (non-hydrogen) atoms. The Morgan fingerprint density at radius 1 is 1.04 bits per heavy atom. The van der Waals surface area contributed by atoms with Crippen LogP contribution in [0.25, 0.3) is 0 Å². The van der Waals surface area contributed by atoms with Gasteiger partial charge in [0.25, 0.3) is 0 Å². The van der Waals surface area contributed by atoms with E-state index in [1.807, 2.05) is 0 Å². The summed E-state index contributed by atoms with van der Waals surface area (Å²) in [6.45, 7) is 4.69. The molecule has 0 atom stereocenters. The van der Waals surface area contributed by atoms with Crippen LogP contribution in [0.2, 0.25) is 0 Å². The Balaban J connectivity index is 1.98. The first-order valence-corrected chi connectivity index (χ1v) is 10.2. The lowest BCUT2D eigenvalue weighted by Crippen LogP contribution is -2.40. The molecular weight excluding hydrogens is 340 g/mol. The molecule has 1 saturated heterocycles. The number of nitrogens with zero attached hydrogens (tertiary/aromatic N) is 1. The molecule has 2 amide bonds. The summed E-state index contributed by atoms with van der Waals surface area (Å²) in [5, 5.41) is 0. The molecule has 0 spiro atoms. The summed E-state index contributed by atoms with van der Waals surface area (Å²) in [7, 11) is -3.57. The normalized spacial score (nSPS) is 15.9. The first kappa shape index (κ1) is 19.6. The number of unbranched alkanes of at least 4 members (excludes halogenated alkanes) is 1. The van der Waals surface area contributed by atoms with E-state index in [1.54, 1.807) is 0 Å². The highest BCUT2D eigenvalue weighted by atomic mass is 32.2. The number of imide groups is 1. The second-order valence-corrected chi connectivity index (χ2v) is 8.52. The second-order valence-electron chi connectivity index (χ2n) is 6.76. The fraction of sp³-hybridized carbons (Fsp3) is 0.556. The van der Waals surface area contributed by atoms with Crippen LogP contribution in [-0.2, 0) is 19.6 Å². The molecular formula is C18H26N2O4S. The van der Waals surface area contributed by atoms with Gasteiger partial charge in [-0.2, -0.15) is 0 Å². The summed E-state index contributed by atoms with van der Waals surface area (Å²) in [6, 6.07) is 5.88. The summed E-state index contributed by atoms with van der Waals surface area (Å²) >= 11 is 0. The smallest absolute Gasteiger partial charge is 0.240 e. The van der Waals surface area contributed by atoms with Gasteiger partial charge >= 0.3 is 0 Å². The highest BCUT2D eigenvalue weighted by Gasteiger charge is 2.27. The predicted molar refractivity (Wildman–Crippen MR) is 96.7 cm³/mol. The molecule has 0 aliphatic carbocycles. The Hall–Kier alpha value is -1.73. The quantitative estimate of drug-likeness (QED) is 0.566. The molecule has 1 aromatic rings. The average molecular weight is 366 g/mol. The first-order valence-electron chi connectivity index (χ1n) is 8.77. The molecule has 1 N–H and O–H groups in total. The molecule has 1 fully saturated rings. The Kier molecular flexibility index (Phi) is 6.72. The zero-order valence-electron chi connectivity index (χ0n) is 14.8. The Bertz CT molecular complexity index is 695. The van der Waals surface area contributed by atoms with Crippen LogP contribution in [0.1, 0.15) is 52.4 Å². The number of hydrogen-bond donors (Lipinski definition) is 1. The van der Waals surface area contributed by atoms with E-state index in [9.17, 15) is 18.0 Å². The highest BCUT2D eigenvalue weighted by molar-refractivity contribution is 7.89. The van der Waals surface area contributed by atoms with Gasteiger partial charge in [-0.15, -0.1) is 0 Å². The van der Waals surface area contributed by atoms with E-state index in [1.165, 1.54) is 24.3 Å². The molecule has 0 saturated carbocycles. The number of sulfonamides is 1. The van der Waals surface area contributed by atoms with Gasteiger partial charge < -0.3 is 0 Å². The maximum absolute atomic E-state index is 12.3. The molecule has 1 aliphatic heterocycles. The fourth-order valence-corrected chi connectivity index (χ4v) is 3.86. The molecule has 1 heterocycles. The summed E-state index contributed by atoms with van der Waals surface area (Å²) in [5.41, 5.74) is 0.422. The number of hydrogen-bond acceptors (Lipinski definition) is 4. The fourth-order valence-electron chi connectivity index (χ4n) is 2.78. The lowest BCUT2D eigenvalue weighted by molar-refractivity contribution is -0.129. The van der Waals surface area contributed by atoms with Gasteiger partial charge in [-0.25, -0.2) is 13.1 Å². The van der Waals surface area contributed by atoms with Gasteiger partial charge in [-0.1, -0.05) is 26.7 Å². The van der Waals surface area contributed by atoms with Crippen LogP contribution in [0.5, 0.6) is 0 Å². The molecule has 2 rings (SSSR count). The maximum Gasteiger partial charge on any atom is 0.240 e. The second kappa shape index (κ2) is 8.58. The lowest BCUT2D eigenvalue weighted by atomic mass is 10.1. The summed E-state index contributed by atoms with van der Waals surface area (Å²) < 4.78 is 27.2. The Morgan fingerprint density at radius 2 is 1.64 bits per heavy atom. The largest absolute Gasteiger partial charge is 0.274 e. The summed E-state index contributed by atoms with van der Waals surface area (Å²) in [4.78, 5) is 25.1. The van der Waals surface area contributed by atoms with E-state index in [-0.39, 0.29) is 16.7 Å². The molecule has 0 unspecified atom stereocenters. The molecule has 1 aliphatic rings. The first-order chi connectivity index (χ1) is 11.8. The number of benzene rings is 1. The topological polar surface area (TPSA) is 83.6 Å². The third kappa shape index (κ3) is 5.37. The van der Waals surface area contributed by atoms with Crippen molar-refractivity contribution >= 4 is 27.5 Å². The van der Waals surface area contributed by atoms with E-state index >= 15 is 0 Å². The minimum Gasteiger partial charge on any atom is -0.274 e. The van der Waals surface area contributed by atoms with Crippen molar-refractivity contribution in [2.75, 3.05) is 11.4 Å². The molecule has 138 valence electrons. The SMILES string of the molecule is CC(C)CCCCNS(=O)(=O)c1ccc(N2C(=O)CCCC2=O)cc1. The number of piperidine rings is 1. The summed E-state index contributed by atoms with van der Waals surface area (Å²) in [6.07, 6.45) is 4.10. The molecule has 6 nitrogen and oxygen atoms in total. The Labute approximate surface area is 149 Å². The van der Waals surface area contributed by atoms with E-state index in [0.717, 1.165) is 24.2 Å². The van der Waals surface area contributed by atoms with Crippen LogP contribution >= 0.6 is 0 Å². The van der Waals surface area contributed by atoms with Gasteiger partial charge in [0, 0.05) is 19.4 Å². The number of rotatable bonds is 8.